The maximum absolute atomic E-state index is 12.3. The third kappa shape index (κ3) is 4.65. The second-order valence-electron chi connectivity index (χ2n) is 4.05. The molecule has 112 valence electrons. The first kappa shape index (κ1) is 16.2. The van der Waals surface area contributed by atoms with E-state index in [1.54, 1.807) is 6.92 Å². The van der Waals surface area contributed by atoms with Gasteiger partial charge in [0.25, 0.3) is 0 Å². The highest BCUT2D eigenvalue weighted by atomic mass is 19.3. The molecule has 20 heavy (non-hydrogen) atoms. The quantitative estimate of drug-likeness (QED) is 0.766. The van der Waals surface area contributed by atoms with Crippen LogP contribution in [0.4, 0.5) is 8.78 Å². The van der Waals surface area contributed by atoms with E-state index in [2.05, 4.69) is 4.74 Å². The van der Waals surface area contributed by atoms with Gasteiger partial charge < -0.3 is 20.3 Å². The summed E-state index contributed by atoms with van der Waals surface area (Å²) in [6.07, 6.45) is -0.142. The molecule has 7 heteroatoms. The Bertz CT molecular complexity index is 454. The first-order valence-corrected chi connectivity index (χ1v) is 6.11. The first-order valence-electron chi connectivity index (χ1n) is 6.11. The maximum Gasteiger partial charge on any atom is 0.387 e. The van der Waals surface area contributed by atoms with E-state index in [-0.39, 0.29) is 31.1 Å². The van der Waals surface area contributed by atoms with Gasteiger partial charge in [0.05, 0.1) is 13.0 Å². The van der Waals surface area contributed by atoms with Crippen LogP contribution in [0.3, 0.4) is 0 Å². The summed E-state index contributed by atoms with van der Waals surface area (Å²) in [6.45, 7) is -0.844. The van der Waals surface area contributed by atoms with Crippen LogP contribution in [0.15, 0.2) is 18.2 Å². The number of hydrogen-bond donors (Lipinski definition) is 2. The lowest BCUT2D eigenvalue weighted by molar-refractivity contribution is -0.137. The highest BCUT2D eigenvalue weighted by Crippen LogP contribution is 2.33. The van der Waals surface area contributed by atoms with Crippen LogP contribution in [0.25, 0.3) is 0 Å². The Labute approximate surface area is 115 Å². The molecule has 1 aromatic rings. The lowest BCUT2D eigenvalue weighted by Gasteiger charge is -2.17. The summed E-state index contributed by atoms with van der Waals surface area (Å²) in [5.74, 6) is -1.33. The highest BCUT2D eigenvalue weighted by Gasteiger charge is 2.18. The Balaban J connectivity index is 3.03. The third-order valence-electron chi connectivity index (χ3n) is 2.66. The number of carboxylic acids is 1. The van der Waals surface area contributed by atoms with Gasteiger partial charge >= 0.3 is 12.6 Å². The summed E-state index contributed by atoms with van der Waals surface area (Å²) >= 11 is 0. The molecule has 3 N–H and O–H groups in total. The highest BCUT2D eigenvalue weighted by molar-refractivity contribution is 5.68. The van der Waals surface area contributed by atoms with Gasteiger partial charge in [0.2, 0.25) is 0 Å². The molecule has 0 bridgehead atoms. The predicted molar refractivity (Wildman–Crippen MR) is 68.3 cm³/mol. The number of benzene rings is 1. The van der Waals surface area contributed by atoms with Crippen LogP contribution in [0.5, 0.6) is 11.5 Å². The molecule has 0 aliphatic heterocycles. The van der Waals surface area contributed by atoms with Gasteiger partial charge in [0, 0.05) is 5.92 Å². The van der Waals surface area contributed by atoms with E-state index in [9.17, 15) is 13.6 Å². The van der Waals surface area contributed by atoms with Crippen molar-refractivity contribution in [2.75, 3.05) is 13.2 Å². The van der Waals surface area contributed by atoms with Gasteiger partial charge in [0.15, 0.2) is 11.5 Å². The van der Waals surface area contributed by atoms with Crippen molar-refractivity contribution in [1.82, 2.24) is 0 Å². The lowest BCUT2D eigenvalue weighted by Crippen LogP contribution is -2.16. The number of nitrogens with two attached hydrogens (primary N) is 1. The fourth-order valence-corrected chi connectivity index (χ4v) is 1.79. The zero-order valence-electron chi connectivity index (χ0n) is 11.0. The molecule has 0 heterocycles. The first-order chi connectivity index (χ1) is 9.47. The van der Waals surface area contributed by atoms with Crippen molar-refractivity contribution in [2.45, 2.75) is 25.9 Å². The minimum absolute atomic E-state index is 0.0864. The summed E-state index contributed by atoms with van der Waals surface area (Å²) in [5.41, 5.74) is 6.15. The van der Waals surface area contributed by atoms with E-state index in [4.69, 9.17) is 15.6 Å². The van der Waals surface area contributed by atoms with Crippen LogP contribution in [-0.4, -0.2) is 30.8 Å². The van der Waals surface area contributed by atoms with E-state index in [1.165, 1.54) is 18.2 Å². The van der Waals surface area contributed by atoms with Gasteiger partial charge in [-0.15, -0.1) is 0 Å². The molecular weight excluding hydrogens is 272 g/mol. The van der Waals surface area contributed by atoms with Crippen molar-refractivity contribution in [3.63, 3.8) is 0 Å². The Morgan fingerprint density at radius 2 is 2.10 bits per heavy atom. The average molecular weight is 289 g/mol. The number of carboxylic acid groups (broad SMARTS) is 1. The normalized spacial score (nSPS) is 12.2. The van der Waals surface area contributed by atoms with Crippen molar-refractivity contribution < 1.29 is 28.2 Å². The predicted octanol–water partition coefficient (Wildman–Crippen LogP) is 2.20. The maximum atomic E-state index is 12.3. The second-order valence-corrected chi connectivity index (χ2v) is 4.05. The van der Waals surface area contributed by atoms with Crippen LogP contribution < -0.4 is 15.2 Å². The number of alkyl halides is 2. The molecule has 0 saturated carbocycles. The van der Waals surface area contributed by atoms with E-state index < -0.39 is 18.5 Å². The molecule has 0 aliphatic rings. The van der Waals surface area contributed by atoms with Gasteiger partial charge in [-0.1, -0.05) is 6.07 Å². The third-order valence-corrected chi connectivity index (χ3v) is 2.66. The fourth-order valence-electron chi connectivity index (χ4n) is 1.79. The molecule has 0 spiro atoms. The molecular formula is C13H17F2NO4. The lowest BCUT2D eigenvalue weighted by atomic mass is 9.95. The molecule has 1 unspecified atom stereocenters. The number of hydrogen-bond acceptors (Lipinski definition) is 4. The zero-order chi connectivity index (χ0) is 15.1. The SMILES string of the molecule is CCOc1cc(C(CN)CC(=O)O)ccc1OC(F)F. The van der Waals surface area contributed by atoms with Crippen LogP contribution >= 0.6 is 0 Å². The largest absolute Gasteiger partial charge is 0.490 e. The van der Waals surface area contributed by atoms with Crippen molar-refractivity contribution >= 4 is 5.97 Å². The Hall–Kier alpha value is -1.89. The minimum Gasteiger partial charge on any atom is -0.490 e. The van der Waals surface area contributed by atoms with Gasteiger partial charge in [0.1, 0.15) is 0 Å². The topological polar surface area (TPSA) is 81.8 Å². The summed E-state index contributed by atoms with van der Waals surface area (Å²) in [6, 6.07) is 4.33. The Kier molecular flexibility index (Phi) is 6.17. The zero-order valence-corrected chi connectivity index (χ0v) is 11.0. The van der Waals surface area contributed by atoms with Gasteiger partial charge in [-0.2, -0.15) is 8.78 Å². The Morgan fingerprint density at radius 3 is 2.60 bits per heavy atom. The smallest absolute Gasteiger partial charge is 0.387 e. The molecule has 0 amide bonds. The van der Waals surface area contributed by atoms with E-state index in [1.807, 2.05) is 0 Å². The average Bonchev–Trinajstić information content (AvgIpc) is 2.37. The van der Waals surface area contributed by atoms with Crippen molar-refractivity contribution in [3.05, 3.63) is 23.8 Å². The second kappa shape index (κ2) is 7.64. The monoisotopic (exact) mass is 289 g/mol. The minimum atomic E-state index is -2.95. The molecule has 0 aliphatic carbocycles. The number of aliphatic carboxylic acids is 1. The molecule has 1 atom stereocenters. The number of ether oxygens (including phenoxy) is 2. The number of carbonyl (C=O) groups is 1. The van der Waals surface area contributed by atoms with Gasteiger partial charge in [-0.05, 0) is 31.2 Å². The van der Waals surface area contributed by atoms with Gasteiger partial charge in [-0.3, -0.25) is 4.79 Å². The Morgan fingerprint density at radius 1 is 1.40 bits per heavy atom. The molecule has 1 aromatic carbocycles. The standard InChI is InChI=1S/C13H17F2NO4/c1-2-19-11-5-8(9(7-16)6-12(17)18)3-4-10(11)20-13(14)15/h3-5,9,13H,2,6-7,16H2,1H3,(H,17,18). The van der Waals surface area contributed by atoms with E-state index >= 15 is 0 Å². The number of rotatable bonds is 8. The van der Waals surface area contributed by atoms with Crippen molar-refractivity contribution in [2.24, 2.45) is 5.73 Å². The van der Waals surface area contributed by atoms with Crippen LogP contribution in [0.2, 0.25) is 0 Å². The molecule has 0 radical (unpaired) electrons. The molecule has 0 fully saturated rings. The van der Waals surface area contributed by atoms with Crippen molar-refractivity contribution in [1.29, 1.82) is 0 Å². The molecule has 5 nitrogen and oxygen atoms in total. The summed E-state index contributed by atoms with van der Waals surface area (Å²) in [4.78, 5) is 10.8. The van der Waals surface area contributed by atoms with Crippen LogP contribution in [0.1, 0.15) is 24.8 Å². The molecule has 1 rings (SSSR count). The molecule has 0 aromatic heterocycles. The summed E-state index contributed by atoms with van der Waals surface area (Å²) < 4.78 is 34.1. The molecule has 0 saturated heterocycles. The van der Waals surface area contributed by atoms with Crippen LogP contribution in [0, 0.1) is 0 Å². The fraction of sp³-hybridized carbons (Fsp3) is 0.462. The number of halogens is 2. The van der Waals surface area contributed by atoms with Gasteiger partial charge in [-0.25, -0.2) is 0 Å². The van der Waals surface area contributed by atoms with E-state index in [0.717, 1.165) is 0 Å². The van der Waals surface area contributed by atoms with E-state index in [0.29, 0.717) is 5.56 Å². The van der Waals surface area contributed by atoms with Crippen LogP contribution in [-0.2, 0) is 4.79 Å². The summed E-state index contributed by atoms with van der Waals surface area (Å²) in [5, 5.41) is 8.81. The summed E-state index contributed by atoms with van der Waals surface area (Å²) in [7, 11) is 0. The van der Waals surface area contributed by atoms with Crippen molar-refractivity contribution in [3.8, 4) is 11.5 Å².